The molecule has 3 aromatic rings. The molecule has 0 aromatic carbocycles. The van der Waals surface area contributed by atoms with E-state index in [0.29, 0.717) is 22.7 Å². The summed E-state index contributed by atoms with van der Waals surface area (Å²) in [6, 6.07) is 3.46. The van der Waals surface area contributed by atoms with Crippen LogP contribution in [0.5, 0.6) is 0 Å². The molecular weight excluding hydrogens is 395 g/mol. The normalized spacial score (nSPS) is 14.2. The fraction of sp³-hybridized carbons (Fsp3) is 0.294. The van der Waals surface area contributed by atoms with Gasteiger partial charge in [-0.05, 0) is 25.0 Å². The van der Waals surface area contributed by atoms with Gasteiger partial charge in [-0.2, -0.15) is 13.2 Å². The molecule has 1 saturated carbocycles. The van der Waals surface area contributed by atoms with Gasteiger partial charge in [0.2, 0.25) is 5.91 Å². The van der Waals surface area contributed by atoms with Crippen molar-refractivity contribution in [1.29, 1.82) is 0 Å². The van der Waals surface area contributed by atoms with Crippen molar-refractivity contribution < 1.29 is 22.8 Å². The number of hydrogen-bond donors (Lipinski definition) is 2. The first-order chi connectivity index (χ1) is 13.3. The first-order valence-corrected chi connectivity index (χ1v) is 9.27. The van der Waals surface area contributed by atoms with E-state index in [4.69, 9.17) is 0 Å². The molecule has 1 fully saturated rings. The third-order valence-electron chi connectivity index (χ3n) is 4.09. The summed E-state index contributed by atoms with van der Waals surface area (Å²) in [6.07, 6.45) is 0.705. The topological polar surface area (TPSA) is 88.4 Å². The molecule has 0 unspecified atom stereocenters. The van der Waals surface area contributed by atoms with E-state index in [1.807, 2.05) is 0 Å². The zero-order chi connectivity index (χ0) is 19.9. The smallest absolute Gasteiger partial charge is 0.341 e. The van der Waals surface area contributed by atoms with Gasteiger partial charge in [-0.25, -0.2) is 9.97 Å². The van der Waals surface area contributed by atoms with Gasteiger partial charge in [0.15, 0.2) is 10.8 Å². The molecule has 0 radical (unpaired) electrons. The minimum Gasteiger partial charge on any atom is -0.341 e. The fourth-order valence-electron chi connectivity index (χ4n) is 2.54. The highest BCUT2D eigenvalue weighted by atomic mass is 32.1. The van der Waals surface area contributed by atoms with Gasteiger partial charge in [0.05, 0.1) is 11.9 Å². The molecule has 28 heavy (non-hydrogen) atoms. The van der Waals surface area contributed by atoms with Crippen molar-refractivity contribution in [1.82, 2.24) is 19.7 Å². The average Bonchev–Trinajstić information content (AvgIpc) is 3.23. The Morgan fingerprint density at radius 2 is 2.00 bits per heavy atom. The number of rotatable bonds is 5. The van der Waals surface area contributed by atoms with Crippen molar-refractivity contribution in [3.63, 3.8) is 0 Å². The summed E-state index contributed by atoms with van der Waals surface area (Å²) >= 11 is 0.960. The number of amides is 2. The van der Waals surface area contributed by atoms with Crippen LogP contribution in [0.25, 0.3) is 16.9 Å². The maximum absolute atomic E-state index is 12.2. The molecule has 1 aliphatic carbocycles. The SMILES string of the molecule is O=C(NCC(F)(F)F)c1nc(-c2ccc3nc(NC(=O)C4CC4)cn3c2)cs1. The van der Waals surface area contributed by atoms with Gasteiger partial charge in [-0.3, -0.25) is 9.59 Å². The lowest BCUT2D eigenvalue weighted by molar-refractivity contribution is -0.123. The van der Waals surface area contributed by atoms with Crippen molar-refractivity contribution in [3.05, 3.63) is 34.9 Å². The molecule has 0 saturated heterocycles. The molecule has 4 rings (SSSR count). The molecule has 7 nitrogen and oxygen atoms in total. The number of thiazole rings is 1. The summed E-state index contributed by atoms with van der Waals surface area (Å²) in [6.45, 7) is -1.41. The van der Waals surface area contributed by atoms with Gasteiger partial charge in [0.25, 0.3) is 5.91 Å². The molecule has 146 valence electrons. The van der Waals surface area contributed by atoms with Gasteiger partial charge < -0.3 is 15.0 Å². The zero-order valence-electron chi connectivity index (χ0n) is 14.3. The van der Waals surface area contributed by atoms with Gasteiger partial charge in [-0.15, -0.1) is 11.3 Å². The molecular formula is C17H14F3N5O2S. The van der Waals surface area contributed by atoms with Crippen LogP contribution in [0.15, 0.2) is 29.9 Å². The second kappa shape index (κ2) is 6.89. The fourth-order valence-corrected chi connectivity index (χ4v) is 3.29. The third-order valence-corrected chi connectivity index (χ3v) is 4.94. The number of pyridine rings is 1. The van der Waals surface area contributed by atoms with E-state index in [9.17, 15) is 22.8 Å². The second-order valence-electron chi connectivity index (χ2n) is 6.41. The van der Waals surface area contributed by atoms with Crippen LogP contribution in [0.2, 0.25) is 0 Å². The van der Waals surface area contributed by atoms with Gasteiger partial charge in [-0.1, -0.05) is 0 Å². The molecule has 0 spiro atoms. The van der Waals surface area contributed by atoms with Gasteiger partial charge >= 0.3 is 6.18 Å². The summed E-state index contributed by atoms with van der Waals surface area (Å²) in [5.41, 5.74) is 1.74. The number of hydrogen-bond acceptors (Lipinski definition) is 5. The number of imidazole rings is 1. The highest BCUT2D eigenvalue weighted by molar-refractivity contribution is 7.12. The number of alkyl halides is 3. The van der Waals surface area contributed by atoms with E-state index < -0.39 is 18.6 Å². The van der Waals surface area contributed by atoms with E-state index >= 15 is 0 Å². The third kappa shape index (κ3) is 4.14. The average molecular weight is 409 g/mol. The standard InChI is InChI=1S/C17H14F3N5O2S/c18-17(19,20)8-21-15(27)16-22-11(7-28-16)10-3-4-13-23-12(6-25(13)5-10)24-14(26)9-1-2-9/h3-7,9H,1-2,8H2,(H,21,27)(H,24,26). The Labute approximate surface area is 160 Å². The number of carbonyl (C=O) groups excluding carboxylic acids is 2. The maximum Gasteiger partial charge on any atom is 0.405 e. The maximum atomic E-state index is 12.2. The van der Waals surface area contributed by atoms with Crippen molar-refractivity contribution in [2.75, 3.05) is 11.9 Å². The van der Waals surface area contributed by atoms with Crippen LogP contribution in [0, 0.1) is 5.92 Å². The van der Waals surface area contributed by atoms with Gasteiger partial charge in [0.1, 0.15) is 12.2 Å². The van der Waals surface area contributed by atoms with Gasteiger partial charge in [0, 0.05) is 23.1 Å². The summed E-state index contributed by atoms with van der Waals surface area (Å²) in [7, 11) is 0. The Balaban J connectivity index is 1.50. The Bertz CT molecular complexity index is 1050. The van der Waals surface area contributed by atoms with Crippen LogP contribution in [0.3, 0.4) is 0 Å². The largest absolute Gasteiger partial charge is 0.405 e. The lowest BCUT2D eigenvalue weighted by Crippen LogP contribution is -2.33. The van der Waals surface area contributed by atoms with Crippen molar-refractivity contribution in [2.24, 2.45) is 5.92 Å². The quantitative estimate of drug-likeness (QED) is 0.678. The Hall–Kier alpha value is -2.95. The summed E-state index contributed by atoms with van der Waals surface area (Å²) in [5, 5.41) is 6.11. The summed E-state index contributed by atoms with van der Waals surface area (Å²) in [4.78, 5) is 32.1. The number of aromatic nitrogens is 3. The second-order valence-corrected chi connectivity index (χ2v) is 7.27. The number of nitrogens with one attached hydrogen (secondary N) is 2. The highest BCUT2D eigenvalue weighted by Gasteiger charge is 2.30. The number of fused-ring (bicyclic) bond motifs is 1. The molecule has 0 atom stereocenters. The first-order valence-electron chi connectivity index (χ1n) is 8.39. The minimum absolute atomic E-state index is 0.0439. The van der Waals surface area contributed by atoms with Crippen molar-refractivity contribution >= 4 is 34.6 Å². The van der Waals surface area contributed by atoms with Crippen LogP contribution >= 0.6 is 11.3 Å². The highest BCUT2D eigenvalue weighted by Crippen LogP contribution is 2.30. The van der Waals surface area contributed by atoms with Crippen LogP contribution in [0.4, 0.5) is 19.0 Å². The molecule has 2 amide bonds. The lowest BCUT2D eigenvalue weighted by Gasteiger charge is -2.06. The number of anilines is 1. The minimum atomic E-state index is -4.48. The van der Waals surface area contributed by atoms with E-state index in [-0.39, 0.29) is 16.8 Å². The summed E-state index contributed by atoms with van der Waals surface area (Å²) < 4.78 is 38.3. The Morgan fingerprint density at radius 1 is 1.21 bits per heavy atom. The van der Waals surface area contributed by atoms with Crippen LogP contribution < -0.4 is 10.6 Å². The van der Waals surface area contributed by atoms with E-state index in [1.54, 1.807) is 39.6 Å². The van der Waals surface area contributed by atoms with E-state index in [0.717, 1.165) is 24.2 Å². The molecule has 0 aliphatic heterocycles. The molecule has 3 aromatic heterocycles. The molecule has 11 heteroatoms. The lowest BCUT2D eigenvalue weighted by atomic mass is 10.2. The van der Waals surface area contributed by atoms with Crippen molar-refractivity contribution in [3.8, 4) is 11.3 Å². The van der Waals surface area contributed by atoms with Crippen LogP contribution in [0.1, 0.15) is 22.6 Å². The number of halogens is 3. The number of nitrogens with zero attached hydrogens (tertiary/aromatic N) is 3. The Morgan fingerprint density at radius 3 is 2.71 bits per heavy atom. The molecule has 3 heterocycles. The van der Waals surface area contributed by atoms with E-state index in [2.05, 4.69) is 15.3 Å². The predicted molar refractivity (Wildman–Crippen MR) is 96.0 cm³/mol. The predicted octanol–water partition coefficient (Wildman–Crippen LogP) is 3.10. The van der Waals surface area contributed by atoms with Crippen molar-refractivity contribution in [2.45, 2.75) is 19.0 Å². The molecule has 1 aliphatic rings. The zero-order valence-corrected chi connectivity index (χ0v) is 15.1. The molecule has 2 N–H and O–H groups in total. The Kier molecular flexibility index (Phi) is 4.53. The molecule has 0 bridgehead atoms. The first kappa shape index (κ1) is 18.4. The van der Waals surface area contributed by atoms with Crippen LogP contribution in [-0.4, -0.2) is 38.9 Å². The monoisotopic (exact) mass is 409 g/mol. The van der Waals surface area contributed by atoms with E-state index in [1.165, 1.54) is 0 Å². The summed E-state index contributed by atoms with van der Waals surface area (Å²) in [5.74, 6) is -0.406. The van der Waals surface area contributed by atoms with Crippen LogP contribution in [-0.2, 0) is 4.79 Å². The number of carbonyl (C=O) groups is 2.